The minimum Gasteiger partial charge on any atom is -0.481 e. The summed E-state index contributed by atoms with van der Waals surface area (Å²) in [5, 5.41) is 8.76. The Labute approximate surface area is 116 Å². The maximum absolute atomic E-state index is 12.5. The molecule has 0 aliphatic heterocycles. The van der Waals surface area contributed by atoms with Crippen LogP contribution in [0.4, 0.5) is 13.2 Å². The van der Waals surface area contributed by atoms with Crippen LogP contribution in [0.3, 0.4) is 0 Å². The quantitative estimate of drug-likeness (QED) is 0.736. The lowest BCUT2D eigenvalue weighted by Gasteiger charge is -2.28. The topological polar surface area (TPSA) is 60.9 Å². The smallest absolute Gasteiger partial charge is 0.471 e. The molecular formula is C12H21F3N2O3. The number of halogens is 3. The number of rotatable bonds is 8. The van der Waals surface area contributed by atoms with Crippen LogP contribution in [-0.4, -0.2) is 65.7 Å². The molecule has 0 saturated heterocycles. The highest BCUT2D eigenvalue weighted by molar-refractivity contribution is 5.82. The molecule has 0 aromatic rings. The molecule has 1 amide bonds. The van der Waals surface area contributed by atoms with Gasteiger partial charge in [0.05, 0.1) is 5.92 Å². The molecule has 0 aliphatic rings. The van der Waals surface area contributed by atoms with Gasteiger partial charge in [-0.25, -0.2) is 0 Å². The fourth-order valence-corrected chi connectivity index (χ4v) is 1.67. The summed E-state index contributed by atoms with van der Waals surface area (Å²) in [5.41, 5.74) is 0. The SMILES string of the molecule is CCN(CC)CCN(CC(C)C(=O)O)C(=O)C(F)(F)F. The molecule has 20 heavy (non-hydrogen) atoms. The van der Waals surface area contributed by atoms with Crippen molar-refractivity contribution >= 4 is 11.9 Å². The second-order valence-electron chi connectivity index (χ2n) is 4.52. The zero-order valence-electron chi connectivity index (χ0n) is 11.9. The van der Waals surface area contributed by atoms with Gasteiger partial charge >= 0.3 is 18.1 Å². The van der Waals surface area contributed by atoms with E-state index in [-0.39, 0.29) is 13.1 Å². The first-order valence-electron chi connectivity index (χ1n) is 6.44. The fourth-order valence-electron chi connectivity index (χ4n) is 1.67. The van der Waals surface area contributed by atoms with Crippen molar-refractivity contribution in [2.75, 3.05) is 32.7 Å². The van der Waals surface area contributed by atoms with E-state index in [9.17, 15) is 22.8 Å². The van der Waals surface area contributed by atoms with Gasteiger partial charge in [0.2, 0.25) is 0 Å². The molecular weight excluding hydrogens is 277 g/mol. The number of carboxylic acid groups (broad SMARTS) is 1. The lowest BCUT2D eigenvalue weighted by atomic mass is 10.1. The highest BCUT2D eigenvalue weighted by atomic mass is 19.4. The second-order valence-corrected chi connectivity index (χ2v) is 4.52. The number of carboxylic acids is 1. The Bertz CT molecular complexity index is 330. The van der Waals surface area contributed by atoms with Crippen LogP contribution >= 0.6 is 0 Å². The summed E-state index contributed by atoms with van der Waals surface area (Å²) in [4.78, 5) is 24.5. The Morgan fingerprint density at radius 3 is 2.00 bits per heavy atom. The predicted molar refractivity (Wildman–Crippen MR) is 67.2 cm³/mol. The maximum Gasteiger partial charge on any atom is 0.471 e. The zero-order chi connectivity index (χ0) is 15.9. The van der Waals surface area contributed by atoms with Crippen molar-refractivity contribution in [2.45, 2.75) is 26.9 Å². The summed E-state index contributed by atoms with van der Waals surface area (Å²) >= 11 is 0. The van der Waals surface area contributed by atoms with Gasteiger partial charge in [0.15, 0.2) is 0 Å². The Morgan fingerprint density at radius 1 is 1.15 bits per heavy atom. The molecule has 0 rings (SSSR count). The number of aliphatic carboxylic acids is 1. The third-order valence-electron chi connectivity index (χ3n) is 3.03. The predicted octanol–water partition coefficient (Wildman–Crippen LogP) is 1.44. The Hall–Kier alpha value is -1.31. The van der Waals surface area contributed by atoms with E-state index in [1.165, 1.54) is 6.92 Å². The van der Waals surface area contributed by atoms with E-state index in [4.69, 9.17) is 5.11 Å². The Balaban J connectivity index is 4.79. The molecule has 0 spiro atoms. The van der Waals surface area contributed by atoms with Crippen molar-refractivity contribution < 1.29 is 27.9 Å². The van der Waals surface area contributed by atoms with Crippen molar-refractivity contribution in [3.63, 3.8) is 0 Å². The number of alkyl halides is 3. The van der Waals surface area contributed by atoms with E-state index in [0.717, 1.165) is 0 Å². The summed E-state index contributed by atoms with van der Waals surface area (Å²) < 4.78 is 37.5. The van der Waals surface area contributed by atoms with Gasteiger partial charge in [-0.1, -0.05) is 20.8 Å². The van der Waals surface area contributed by atoms with E-state index in [2.05, 4.69) is 0 Å². The van der Waals surface area contributed by atoms with Gasteiger partial charge in [-0.15, -0.1) is 0 Å². The molecule has 1 unspecified atom stereocenters. The van der Waals surface area contributed by atoms with Gasteiger partial charge in [-0.05, 0) is 13.1 Å². The van der Waals surface area contributed by atoms with Crippen LogP contribution in [0, 0.1) is 5.92 Å². The largest absolute Gasteiger partial charge is 0.481 e. The van der Waals surface area contributed by atoms with E-state index in [1.54, 1.807) is 0 Å². The van der Waals surface area contributed by atoms with Crippen LogP contribution in [0.25, 0.3) is 0 Å². The molecule has 1 N–H and O–H groups in total. The van der Waals surface area contributed by atoms with Gasteiger partial charge in [-0.3, -0.25) is 9.59 Å². The van der Waals surface area contributed by atoms with Crippen molar-refractivity contribution in [1.29, 1.82) is 0 Å². The van der Waals surface area contributed by atoms with E-state index < -0.39 is 30.5 Å². The molecule has 0 radical (unpaired) electrons. The molecule has 118 valence electrons. The van der Waals surface area contributed by atoms with Crippen molar-refractivity contribution in [2.24, 2.45) is 5.92 Å². The summed E-state index contributed by atoms with van der Waals surface area (Å²) in [5.74, 6) is -4.26. The van der Waals surface area contributed by atoms with Crippen LogP contribution in [0.2, 0.25) is 0 Å². The van der Waals surface area contributed by atoms with Crippen molar-refractivity contribution in [1.82, 2.24) is 9.80 Å². The van der Waals surface area contributed by atoms with E-state index in [1.807, 2.05) is 18.7 Å². The third kappa shape index (κ3) is 6.23. The average Bonchev–Trinajstić information content (AvgIpc) is 2.36. The highest BCUT2D eigenvalue weighted by Gasteiger charge is 2.43. The third-order valence-corrected chi connectivity index (χ3v) is 3.03. The summed E-state index contributed by atoms with van der Waals surface area (Å²) in [6.07, 6.45) is -4.98. The minimum absolute atomic E-state index is 0.141. The Morgan fingerprint density at radius 2 is 1.65 bits per heavy atom. The summed E-state index contributed by atoms with van der Waals surface area (Å²) in [7, 11) is 0. The number of hydrogen-bond acceptors (Lipinski definition) is 3. The maximum atomic E-state index is 12.5. The molecule has 0 saturated carbocycles. The lowest BCUT2D eigenvalue weighted by Crippen LogP contribution is -2.47. The van der Waals surface area contributed by atoms with Crippen LogP contribution in [0.5, 0.6) is 0 Å². The van der Waals surface area contributed by atoms with Gasteiger partial charge < -0.3 is 14.9 Å². The zero-order valence-corrected chi connectivity index (χ0v) is 11.9. The van der Waals surface area contributed by atoms with Gasteiger partial charge in [0.25, 0.3) is 0 Å². The van der Waals surface area contributed by atoms with Crippen LogP contribution in [0.1, 0.15) is 20.8 Å². The normalized spacial score (nSPS) is 13.3. The molecule has 0 aliphatic carbocycles. The van der Waals surface area contributed by atoms with Gasteiger partial charge in [0, 0.05) is 19.6 Å². The molecule has 0 aromatic carbocycles. The summed E-state index contributed by atoms with van der Waals surface area (Å²) in [6.45, 7) is 5.99. The second kappa shape index (κ2) is 8.08. The van der Waals surface area contributed by atoms with Crippen LogP contribution < -0.4 is 0 Å². The lowest BCUT2D eigenvalue weighted by molar-refractivity contribution is -0.186. The number of nitrogens with zero attached hydrogens (tertiary/aromatic N) is 2. The van der Waals surface area contributed by atoms with E-state index in [0.29, 0.717) is 18.0 Å². The first-order valence-corrected chi connectivity index (χ1v) is 6.44. The molecule has 0 fully saturated rings. The molecule has 0 aromatic heterocycles. The number of carbonyl (C=O) groups is 2. The molecule has 5 nitrogen and oxygen atoms in total. The van der Waals surface area contributed by atoms with Crippen LogP contribution in [-0.2, 0) is 9.59 Å². The van der Waals surface area contributed by atoms with Gasteiger partial charge in [-0.2, -0.15) is 13.2 Å². The average molecular weight is 298 g/mol. The highest BCUT2D eigenvalue weighted by Crippen LogP contribution is 2.19. The number of carbonyl (C=O) groups excluding carboxylic acids is 1. The Kier molecular flexibility index (Phi) is 7.55. The van der Waals surface area contributed by atoms with Crippen molar-refractivity contribution in [3.8, 4) is 0 Å². The molecule has 1 atom stereocenters. The standard InChI is InChI=1S/C12H21F3N2O3/c1-4-16(5-2)6-7-17(8-9(3)10(18)19)11(20)12(13,14)15/h9H,4-8H2,1-3H3,(H,18,19). The number of hydrogen-bond donors (Lipinski definition) is 1. The van der Waals surface area contributed by atoms with Crippen LogP contribution in [0.15, 0.2) is 0 Å². The molecule has 0 bridgehead atoms. The van der Waals surface area contributed by atoms with Gasteiger partial charge in [0.1, 0.15) is 0 Å². The van der Waals surface area contributed by atoms with E-state index >= 15 is 0 Å². The number of amides is 1. The molecule has 0 heterocycles. The molecule has 8 heteroatoms. The first-order chi connectivity index (χ1) is 9.13. The summed E-state index contributed by atoms with van der Waals surface area (Å²) in [6, 6.07) is 0. The fraction of sp³-hybridized carbons (Fsp3) is 0.833. The monoisotopic (exact) mass is 298 g/mol. The first kappa shape index (κ1) is 18.7. The van der Waals surface area contributed by atoms with Crippen molar-refractivity contribution in [3.05, 3.63) is 0 Å². The minimum atomic E-state index is -4.98. The number of likely N-dealkylation sites (N-methyl/N-ethyl adjacent to an activating group) is 1.